The molecular formula is C20H26N4O2. The first-order valence-electron chi connectivity index (χ1n) is 9.16. The topological polar surface area (TPSA) is 58.4 Å². The number of hydrogen-bond donors (Lipinski definition) is 0. The Kier molecular flexibility index (Phi) is 5.83. The Bertz CT molecular complexity index is 793. The molecule has 0 bridgehead atoms. The maximum atomic E-state index is 12.6. The van der Waals surface area contributed by atoms with Gasteiger partial charge < -0.3 is 4.90 Å². The Morgan fingerprint density at radius 3 is 2.38 bits per heavy atom. The predicted molar refractivity (Wildman–Crippen MR) is 102 cm³/mol. The quantitative estimate of drug-likeness (QED) is 0.820. The number of rotatable bonds is 5. The molecule has 1 fully saturated rings. The van der Waals surface area contributed by atoms with Crippen molar-refractivity contribution in [1.29, 1.82) is 0 Å². The zero-order chi connectivity index (χ0) is 18.5. The fourth-order valence-electron chi connectivity index (χ4n) is 3.25. The van der Waals surface area contributed by atoms with E-state index in [1.54, 1.807) is 6.07 Å². The third-order valence-electron chi connectivity index (χ3n) is 4.57. The van der Waals surface area contributed by atoms with Crippen molar-refractivity contribution < 1.29 is 4.79 Å². The van der Waals surface area contributed by atoms with Crippen molar-refractivity contribution in [3.8, 4) is 11.3 Å². The molecule has 26 heavy (non-hydrogen) atoms. The van der Waals surface area contributed by atoms with Crippen molar-refractivity contribution in [2.45, 2.75) is 20.4 Å². The van der Waals surface area contributed by atoms with Crippen LogP contribution in [0, 0.1) is 5.92 Å². The molecule has 0 spiro atoms. The lowest BCUT2D eigenvalue weighted by Gasteiger charge is -2.35. The van der Waals surface area contributed by atoms with Gasteiger partial charge in [0.2, 0.25) is 5.91 Å². The lowest BCUT2D eigenvalue weighted by molar-refractivity contribution is -0.133. The van der Waals surface area contributed by atoms with E-state index in [1.165, 1.54) is 10.7 Å². The summed E-state index contributed by atoms with van der Waals surface area (Å²) in [7, 11) is 0. The van der Waals surface area contributed by atoms with Crippen LogP contribution in [0.1, 0.15) is 13.8 Å². The van der Waals surface area contributed by atoms with Gasteiger partial charge in [-0.2, -0.15) is 5.10 Å². The Morgan fingerprint density at radius 1 is 1.04 bits per heavy atom. The fraction of sp³-hybridized carbons (Fsp3) is 0.450. The van der Waals surface area contributed by atoms with Crippen molar-refractivity contribution in [3.05, 3.63) is 52.8 Å². The van der Waals surface area contributed by atoms with Gasteiger partial charge in [0.15, 0.2) is 0 Å². The molecule has 0 N–H and O–H groups in total. The minimum atomic E-state index is -0.253. The SMILES string of the molecule is CC(C)CN1CCN(C(=O)Cn2nc(-c3ccccc3)ccc2=O)CC1. The molecule has 0 atom stereocenters. The molecule has 0 unspecified atom stereocenters. The number of aromatic nitrogens is 2. The average molecular weight is 354 g/mol. The maximum absolute atomic E-state index is 12.6. The zero-order valence-electron chi connectivity index (χ0n) is 15.5. The van der Waals surface area contributed by atoms with Crippen molar-refractivity contribution in [1.82, 2.24) is 19.6 Å². The lowest BCUT2D eigenvalue weighted by atomic mass is 10.1. The molecule has 1 amide bonds. The van der Waals surface area contributed by atoms with Gasteiger partial charge in [-0.15, -0.1) is 0 Å². The molecular weight excluding hydrogens is 328 g/mol. The van der Waals surface area contributed by atoms with E-state index in [4.69, 9.17) is 0 Å². The second-order valence-corrected chi connectivity index (χ2v) is 7.16. The van der Waals surface area contributed by atoms with Crippen molar-refractivity contribution >= 4 is 5.91 Å². The van der Waals surface area contributed by atoms with Crippen LogP contribution in [0.4, 0.5) is 0 Å². The summed E-state index contributed by atoms with van der Waals surface area (Å²) in [6.45, 7) is 8.64. The van der Waals surface area contributed by atoms with Crippen molar-refractivity contribution in [2.75, 3.05) is 32.7 Å². The van der Waals surface area contributed by atoms with Crippen LogP contribution in [0.15, 0.2) is 47.3 Å². The second kappa shape index (κ2) is 8.27. The monoisotopic (exact) mass is 354 g/mol. The zero-order valence-corrected chi connectivity index (χ0v) is 15.5. The Morgan fingerprint density at radius 2 is 1.73 bits per heavy atom. The molecule has 1 saturated heterocycles. The Balaban J connectivity index is 1.66. The van der Waals surface area contributed by atoms with E-state index in [-0.39, 0.29) is 18.0 Å². The molecule has 1 aliphatic rings. The molecule has 0 aliphatic carbocycles. The third kappa shape index (κ3) is 4.58. The molecule has 3 rings (SSSR count). The summed E-state index contributed by atoms with van der Waals surface area (Å²) in [5, 5.41) is 4.38. The van der Waals surface area contributed by atoms with E-state index in [0.29, 0.717) is 24.7 Å². The van der Waals surface area contributed by atoms with Gasteiger partial charge in [-0.05, 0) is 12.0 Å². The van der Waals surface area contributed by atoms with Crippen molar-refractivity contribution in [3.63, 3.8) is 0 Å². The molecule has 6 nitrogen and oxygen atoms in total. The predicted octanol–water partition coefficient (Wildman–Crippen LogP) is 1.71. The Labute approximate surface area is 154 Å². The number of hydrogen-bond acceptors (Lipinski definition) is 4. The van der Waals surface area contributed by atoms with E-state index < -0.39 is 0 Å². The van der Waals surface area contributed by atoms with Crippen LogP contribution in [0.3, 0.4) is 0 Å². The van der Waals surface area contributed by atoms with Crippen LogP contribution < -0.4 is 5.56 Å². The van der Waals surface area contributed by atoms with Crippen LogP contribution in [0.5, 0.6) is 0 Å². The summed E-state index contributed by atoms with van der Waals surface area (Å²) in [5.41, 5.74) is 1.37. The van der Waals surface area contributed by atoms with Crippen LogP contribution in [-0.4, -0.2) is 58.2 Å². The van der Waals surface area contributed by atoms with E-state index in [0.717, 1.165) is 25.2 Å². The number of benzene rings is 1. The van der Waals surface area contributed by atoms with Crippen LogP contribution in [0.25, 0.3) is 11.3 Å². The Hall–Kier alpha value is -2.47. The summed E-state index contributed by atoms with van der Waals surface area (Å²) in [4.78, 5) is 28.9. The van der Waals surface area contributed by atoms with Gasteiger partial charge >= 0.3 is 0 Å². The average Bonchev–Trinajstić information content (AvgIpc) is 2.64. The molecule has 1 aromatic carbocycles. The first-order valence-corrected chi connectivity index (χ1v) is 9.16. The largest absolute Gasteiger partial charge is 0.339 e. The van der Waals surface area contributed by atoms with Gasteiger partial charge in [0.05, 0.1) is 5.69 Å². The van der Waals surface area contributed by atoms with E-state index in [9.17, 15) is 9.59 Å². The lowest BCUT2D eigenvalue weighted by Crippen LogP contribution is -2.50. The van der Waals surface area contributed by atoms with Gasteiger partial charge in [0.25, 0.3) is 5.56 Å². The number of amides is 1. The first-order chi connectivity index (χ1) is 12.5. The fourth-order valence-corrected chi connectivity index (χ4v) is 3.25. The van der Waals surface area contributed by atoms with Gasteiger partial charge in [-0.25, -0.2) is 4.68 Å². The van der Waals surface area contributed by atoms with Crippen LogP contribution >= 0.6 is 0 Å². The first kappa shape index (κ1) is 18.3. The molecule has 6 heteroatoms. The molecule has 138 valence electrons. The maximum Gasteiger partial charge on any atom is 0.267 e. The summed E-state index contributed by atoms with van der Waals surface area (Å²) in [6.07, 6.45) is 0. The van der Waals surface area contributed by atoms with Gasteiger partial charge in [-0.1, -0.05) is 44.2 Å². The van der Waals surface area contributed by atoms with Gasteiger partial charge in [0, 0.05) is 44.4 Å². The van der Waals surface area contributed by atoms with E-state index >= 15 is 0 Å². The highest BCUT2D eigenvalue weighted by Crippen LogP contribution is 2.14. The minimum absolute atomic E-state index is 0.0102. The highest BCUT2D eigenvalue weighted by atomic mass is 16.2. The molecule has 2 heterocycles. The number of nitrogens with zero attached hydrogens (tertiary/aromatic N) is 4. The highest BCUT2D eigenvalue weighted by Gasteiger charge is 2.22. The van der Waals surface area contributed by atoms with Gasteiger partial charge in [0.1, 0.15) is 6.54 Å². The smallest absolute Gasteiger partial charge is 0.267 e. The molecule has 1 aliphatic heterocycles. The van der Waals surface area contributed by atoms with Crippen LogP contribution in [0.2, 0.25) is 0 Å². The normalized spacial score (nSPS) is 15.4. The number of piperazine rings is 1. The van der Waals surface area contributed by atoms with E-state index in [2.05, 4.69) is 23.8 Å². The number of carbonyl (C=O) groups is 1. The molecule has 0 radical (unpaired) electrons. The summed E-state index contributed by atoms with van der Waals surface area (Å²) < 4.78 is 1.27. The van der Waals surface area contributed by atoms with E-state index in [1.807, 2.05) is 35.2 Å². The number of carbonyl (C=O) groups excluding carboxylic acids is 1. The van der Waals surface area contributed by atoms with Crippen LogP contribution in [-0.2, 0) is 11.3 Å². The molecule has 0 saturated carbocycles. The second-order valence-electron chi connectivity index (χ2n) is 7.16. The summed E-state index contributed by atoms with van der Waals surface area (Å²) in [6, 6.07) is 12.8. The molecule has 2 aromatic rings. The third-order valence-corrected chi connectivity index (χ3v) is 4.57. The van der Waals surface area contributed by atoms with Crippen molar-refractivity contribution in [2.24, 2.45) is 5.92 Å². The minimum Gasteiger partial charge on any atom is -0.339 e. The highest BCUT2D eigenvalue weighted by molar-refractivity contribution is 5.76. The van der Waals surface area contributed by atoms with Gasteiger partial charge in [-0.3, -0.25) is 14.5 Å². The summed E-state index contributed by atoms with van der Waals surface area (Å²) >= 11 is 0. The summed E-state index contributed by atoms with van der Waals surface area (Å²) in [5.74, 6) is 0.578. The molecule has 1 aromatic heterocycles. The standard InChI is InChI=1S/C20H26N4O2/c1-16(2)14-22-10-12-23(13-11-22)20(26)15-24-19(25)9-8-18(21-24)17-6-4-3-5-7-17/h3-9,16H,10-15H2,1-2H3.